The fraction of sp³-hybridized carbons (Fsp3) is 0.619. The lowest BCUT2D eigenvalue weighted by Gasteiger charge is -2.42. The van der Waals surface area contributed by atoms with E-state index in [1.807, 2.05) is 0 Å². The van der Waals surface area contributed by atoms with Gasteiger partial charge in [0, 0.05) is 41.6 Å². The minimum atomic E-state index is 0.650. The predicted octanol–water partition coefficient (Wildman–Crippen LogP) is 4.72. The molecule has 0 radical (unpaired) electrons. The molecule has 0 aliphatic carbocycles. The van der Waals surface area contributed by atoms with E-state index in [-0.39, 0.29) is 0 Å². The van der Waals surface area contributed by atoms with Gasteiger partial charge in [-0.05, 0) is 55.9 Å². The van der Waals surface area contributed by atoms with Gasteiger partial charge >= 0.3 is 0 Å². The molecular weight excluding hydrogens is 296 g/mol. The summed E-state index contributed by atoms with van der Waals surface area (Å²) < 4.78 is 5.46. The highest BCUT2D eigenvalue weighted by Crippen LogP contribution is 2.42. The molecule has 2 aliphatic rings. The van der Waals surface area contributed by atoms with E-state index in [0.717, 1.165) is 18.1 Å². The van der Waals surface area contributed by atoms with Gasteiger partial charge in [-0.3, -0.25) is 4.90 Å². The van der Waals surface area contributed by atoms with Crippen LogP contribution in [-0.2, 0) is 6.42 Å². The van der Waals surface area contributed by atoms with E-state index in [9.17, 15) is 0 Å². The van der Waals surface area contributed by atoms with Crippen LogP contribution in [0, 0.1) is 5.92 Å². The lowest BCUT2D eigenvalue weighted by molar-refractivity contribution is 0.0984. The van der Waals surface area contributed by atoms with Crippen molar-refractivity contribution in [3.63, 3.8) is 0 Å². The highest BCUT2D eigenvalue weighted by atomic mass is 16.5. The molecule has 3 heterocycles. The second-order valence-electron chi connectivity index (χ2n) is 7.76. The highest BCUT2D eigenvalue weighted by Gasteiger charge is 2.38. The largest absolute Gasteiger partial charge is 0.497 e. The van der Waals surface area contributed by atoms with E-state index in [4.69, 9.17) is 4.74 Å². The molecule has 130 valence electrons. The van der Waals surface area contributed by atoms with E-state index in [2.05, 4.69) is 41.9 Å². The molecule has 1 aromatic heterocycles. The molecule has 1 fully saturated rings. The van der Waals surface area contributed by atoms with Crippen molar-refractivity contribution in [3.8, 4) is 5.75 Å². The van der Waals surface area contributed by atoms with E-state index in [1.54, 1.807) is 12.7 Å². The molecule has 3 heteroatoms. The maximum Gasteiger partial charge on any atom is 0.119 e. The van der Waals surface area contributed by atoms with Crippen molar-refractivity contribution in [3.05, 3.63) is 29.5 Å². The predicted molar refractivity (Wildman–Crippen MR) is 100.0 cm³/mol. The summed E-state index contributed by atoms with van der Waals surface area (Å²) in [5, 5.41) is 1.37. The molecule has 4 rings (SSSR count). The van der Waals surface area contributed by atoms with Crippen LogP contribution in [0.15, 0.2) is 18.2 Å². The molecule has 1 N–H and O–H groups in total. The van der Waals surface area contributed by atoms with E-state index < -0.39 is 0 Å². The summed E-state index contributed by atoms with van der Waals surface area (Å²) in [6.07, 6.45) is 6.57. The first-order valence-corrected chi connectivity index (χ1v) is 9.63. The fourth-order valence-electron chi connectivity index (χ4n) is 4.95. The third kappa shape index (κ3) is 2.63. The van der Waals surface area contributed by atoms with Crippen molar-refractivity contribution in [2.75, 3.05) is 20.2 Å². The Morgan fingerprint density at radius 1 is 1.33 bits per heavy atom. The summed E-state index contributed by atoms with van der Waals surface area (Å²) in [5.41, 5.74) is 4.32. The maximum absolute atomic E-state index is 5.46. The summed E-state index contributed by atoms with van der Waals surface area (Å²) >= 11 is 0. The molecule has 2 aromatic rings. The summed E-state index contributed by atoms with van der Waals surface area (Å²) in [7, 11) is 1.76. The Kier molecular flexibility index (Phi) is 4.29. The molecule has 3 unspecified atom stereocenters. The minimum absolute atomic E-state index is 0.650. The maximum atomic E-state index is 5.46. The molecule has 1 aromatic carbocycles. The molecule has 2 aliphatic heterocycles. The molecule has 4 atom stereocenters. The van der Waals surface area contributed by atoms with E-state index >= 15 is 0 Å². The molecule has 0 amide bonds. The molecular formula is C21H30N2O. The highest BCUT2D eigenvalue weighted by molar-refractivity contribution is 5.86. The third-order valence-electron chi connectivity index (χ3n) is 6.37. The van der Waals surface area contributed by atoms with Crippen molar-refractivity contribution in [1.82, 2.24) is 9.88 Å². The number of ether oxygens (including phenoxy) is 1. The van der Waals surface area contributed by atoms with Crippen molar-refractivity contribution in [2.45, 2.75) is 57.9 Å². The van der Waals surface area contributed by atoms with Gasteiger partial charge in [-0.1, -0.05) is 19.8 Å². The number of nitrogens with one attached hydrogen (secondary N) is 1. The third-order valence-corrected chi connectivity index (χ3v) is 6.37. The summed E-state index contributed by atoms with van der Waals surface area (Å²) in [6.45, 7) is 7.23. The van der Waals surface area contributed by atoms with Crippen LogP contribution >= 0.6 is 0 Å². The van der Waals surface area contributed by atoms with Crippen LogP contribution in [0.25, 0.3) is 10.9 Å². The standard InChI is InChI=1S/C21H30N2O/c1-4-5-6-15-11-18-14(2)23(13-15)10-9-17-19-12-16(24-3)7-8-20(19)22-21(17)18/h7-8,12,14-15,18,22H,4-6,9-11,13H2,1-3H3/t14?,15?,18-/m1/s1. The number of rotatable bonds is 4. The molecule has 2 bridgehead atoms. The number of piperidine rings is 1. The van der Waals surface area contributed by atoms with Crippen LogP contribution in [0.1, 0.15) is 56.7 Å². The Bertz CT molecular complexity index is 720. The zero-order valence-electron chi connectivity index (χ0n) is 15.3. The van der Waals surface area contributed by atoms with E-state index in [1.165, 1.54) is 55.4 Å². The molecule has 0 saturated carbocycles. The van der Waals surface area contributed by atoms with Gasteiger partial charge < -0.3 is 9.72 Å². The van der Waals surface area contributed by atoms with Gasteiger partial charge in [-0.2, -0.15) is 0 Å². The topological polar surface area (TPSA) is 28.3 Å². The van der Waals surface area contributed by atoms with Gasteiger partial charge in [0.2, 0.25) is 0 Å². The smallest absolute Gasteiger partial charge is 0.119 e. The Labute approximate surface area is 145 Å². The van der Waals surface area contributed by atoms with Gasteiger partial charge in [-0.25, -0.2) is 0 Å². The van der Waals surface area contributed by atoms with Gasteiger partial charge in [-0.15, -0.1) is 0 Å². The molecule has 0 spiro atoms. The number of H-pyrrole nitrogens is 1. The van der Waals surface area contributed by atoms with Crippen LogP contribution in [0.5, 0.6) is 5.75 Å². The Hall–Kier alpha value is -1.48. The first-order chi connectivity index (χ1) is 11.7. The van der Waals surface area contributed by atoms with Crippen LogP contribution in [0.3, 0.4) is 0 Å². The summed E-state index contributed by atoms with van der Waals surface area (Å²) in [6, 6.07) is 7.12. The first-order valence-electron chi connectivity index (χ1n) is 9.63. The molecule has 3 nitrogen and oxygen atoms in total. The number of unbranched alkanes of at least 4 members (excludes halogenated alkanes) is 1. The lowest BCUT2D eigenvalue weighted by Crippen LogP contribution is -2.45. The number of benzene rings is 1. The number of aromatic amines is 1. The average Bonchev–Trinajstić information content (AvgIpc) is 2.94. The number of aromatic nitrogens is 1. The van der Waals surface area contributed by atoms with Crippen molar-refractivity contribution in [1.29, 1.82) is 0 Å². The summed E-state index contributed by atoms with van der Waals surface area (Å²) in [4.78, 5) is 6.53. The van der Waals surface area contributed by atoms with Crippen molar-refractivity contribution in [2.24, 2.45) is 5.92 Å². The minimum Gasteiger partial charge on any atom is -0.497 e. The quantitative estimate of drug-likeness (QED) is 0.881. The van der Waals surface area contributed by atoms with E-state index in [0.29, 0.717) is 12.0 Å². The van der Waals surface area contributed by atoms with Gasteiger partial charge in [0.15, 0.2) is 0 Å². The molecule has 24 heavy (non-hydrogen) atoms. The zero-order chi connectivity index (χ0) is 16.7. The summed E-state index contributed by atoms with van der Waals surface area (Å²) in [5.74, 6) is 2.47. The molecule has 1 saturated heterocycles. The Morgan fingerprint density at radius 3 is 3.00 bits per heavy atom. The van der Waals surface area contributed by atoms with Crippen LogP contribution in [0.4, 0.5) is 0 Å². The SMILES string of the molecule is CCCCC1C[C@H]2c3[nH]c4ccc(OC)cc4c3CCN(C1)C2C. The average molecular weight is 326 g/mol. The number of hydrogen-bond acceptors (Lipinski definition) is 2. The van der Waals surface area contributed by atoms with Gasteiger partial charge in [0.1, 0.15) is 5.75 Å². The number of hydrogen-bond donors (Lipinski definition) is 1. The number of nitrogens with zero attached hydrogens (tertiary/aromatic N) is 1. The Balaban J connectivity index is 1.73. The fourth-order valence-corrected chi connectivity index (χ4v) is 4.95. The zero-order valence-corrected chi connectivity index (χ0v) is 15.3. The monoisotopic (exact) mass is 326 g/mol. The van der Waals surface area contributed by atoms with Gasteiger partial charge in [0.05, 0.1) is 7.11 Å². The van der Waals surface area contributed by atoms with Crippen molar-refractivity contribution < 1.29 is 4.74 Å². The second-order valence-corrected chi connectivity index (χ2v) is 7.76. The van der Waals surface area contributed by atoms with Crippen LogP contribution in [0.2, 0.25) is 0 Å². The second kappa shape index (κ2) is 6.44. The van der Waals surface area contributed by atoms with Crippen molar-refractivity contribution >= 4 is 10.9 Å². The van der Waals surface area contributed by atoms with Gasteiger partial charge in [0.25, 0.3) is 0 Å². The number of fused-ring (bicyclic) bond motifs is 6. The Morgan fingerprint density at radius 2 is 2.21 bits per heavy atom. The lowest BCUT2D eigenvalue weighted by atomic mass is 9.80. The van der Waals surface area contributed by atoms with Crippen LogP contribution in [-0.4, -0.2) is 36.1 Å². The number of methoxy groups -OCH3 is 1. The van der Waals surface area contributed by atoms with Crippen LogP contribution < -0.4 is 4.74 Å². The first kappa shape index (κ1) is 16.0. The normalized spacial score (nSPS) is 29.3.